The van der Waals surface area contributed by atoms with Gasteiger partial charge in [0.05, 0.1) is 11.7 Å². The quantitative estimate of drug-likeness (QED) is 0.783. The summed E-state index contributed by atoms with van der Waals surface area (Å²) in [6.45, 7) is 1.99. The van der Waals surface area contributed by atoms with E-state index in [1.165, 1.54) is 11.9 Å². The number of hydrogen-bond donors (Lipinski definition) is 0. The van der Waals surface area contributed by atoms with E-state index >= 15 is 0 Å². The van der Waals surface area contributed by atoms with E-state index in [1.54, 1.807) is 5.06 Å². The minimum atomic E-state index is -0.777. The number of hydrogen-bond acceptors (Lipinski definition) is 5. The third-order valence-corrected chi connectivity index (χ3v) is 5.44. The van der Waals surface area contributed by atoms with Crippen LogP contribution in [0.4, 0.5) is 11.4 Å². The number of benzene rings is 2. The lowest BCUT2D eigenvalue weighted by Gasteiger charge is -2.29. The molecule has 2 aliphatic heterocycles. The van der Waals surface area contributed by atoms with Crippen LogP contribution in [0.5, 0.6) is 0 Å². The van der Waals surface area contributed by atoms with Gasteiger partial charge in [-0.05, 0) is 36.2 Å². The van der Waals surface area contributed by atoms with Crippen molar-refractivity contribution in [2.24, 2.45) is 5.92 Å². The third-order valence-electron chi connectivity index (χ3n) is 5.44. The lowest BCUT2D eigenvalue weighted by atomic mass is 9.90. The summed E-state index contributed by atoms with van der Waals surface area (Å²) in [6, 6.07) is 15.5. The molecule has 2 aromatic rings. The van der Waals surface area contributed by atoms with Crippen molar-refractivity contribution >= 4 is 23.2 Å². The SMILES string of the molecule is Cc1ccccc1N1OC2C(=O)N(C)C(=O)C2C1c1ccc(N(C)C)cc1. The number of rotatable bonds is 3. The fourth-order valence-corrected chi connectivity index (χ4v) is 3.88. The minimum Gasteiger partial charge on any atom is -0.378 e. The van der Waals surface area contributed by atoms with Crippen molar-refractivity contribution in [3.63, 3.8) is 0 Å². The Bertz CT molecular complexity index is 894. The molecule has 6 heteroatoms. The molecule has 3 atom stereocenters. The Morgan fingerprint density at radius 3 is 2.26 bits per heavy atom. The number of aryl methyl sites for hydroxylation is 1. The van der Waals surface area contributed by atoms with Crippen molar-refractivity contribution in [3.05, 3.63) is 59.7 Å². The average Bonchev–Trinajstić information content (AvgIpc) is 3.15. The number of carbonyl (C=O) groups is 2. The monoisotopic (exact) mass is 365 g/mol. The first-order valence-electron chi connectivity index (χ1n) is 9.00. The smallest absolute Gasteiger partial charge is 0.261 e. The van der Waals surface area contributed by atoms with Crippen molar-refractivity contribution in [1.29, 1.82) is 0 Å². The molecule has 2 amide bonds. The third kappa shape index (κ3) is 2.68. The fourth-order valence-electron chi connectivity index (χ4n) is 3.88. The van der Waals surface area contributed by atoms with E-state index in [2.05, 4.69) is 0 Å². The maximum absolute atomic E-state index is 12.8. The van der Waals surface area contributed by atoms with Crippen LogP contribution in [-0.4, -0.2) is 44.0 Å². The molecule has 6 nitrogen and oxygen atoms in total. The Balaban J connectivity index is 1.81. The number of carbonyl (C=O) groups excluding carboxylic acids is 2. The maximum atomic E-state index is 12.8. The summed E-state index contributed by atoms with van der Waals surface area (Å²) >= 11 is 0. The van der Waals surface area contributed by atoms with Crippen LogP contribution in [0.1, 0.15) is 17.2 Å². The van der Waals surface area contributed by atoms with Crippen molar-refractivity contribution < 1.29 is 14.4 Å². The second-order valence-electron chi connectivity index (χ2n) is 7.33. The van der Waals surface area contributed by atoms with Gasteiger partial charge in [0.25, 0.3) is 5.91 Å². The molecule has 2 heterocycles. The van der Waals surface area contributed by atoms with E-state index in [-0.39, 0.29) is 17.9 Å². The second kappa shape index (κ2) is 6.39. The van der Waals surface area contributed by atoms with Gasteiger partial charge in [0.1, 0.15) is 5.92 Å². The number of amides is 2. The van der Waals surface area contributed by atoms with E-state index in [0.29, 0.717) is 0 Å². The molecule has 0 bridgehead atoms. The van der Waals surface area contributed by atoms with Crippen LogP contribution in [0, 0.1) is 12.8 Å². The van der Waals surface area contributed by atoms with Gasteiger partial charge in [-0.25, -0.2) is 5.06 Å². The molecule has 3 unspecified atom stereocenters. The van der Waals surface area contributed by atoms with Gasteiger partial charge in [0.15, 0.2) is 6.10 Å². The van der Waals surface area contributed by atoms with Crippen LogP contribution in [0.25, 0.3) is 0 Å². The van der Waals surface area contributed by atoms with E-state index in [4.69, 9.17) is 4.84 Å². The fraction of sp³-hybridized carbons (Fsp3) is 0.333. The Hall–Kier alpha value is -2.86. The number of hydroxylamine groups is 1. The summed E-state index contributed by atoms with van der Waals surface area (Å²) in [5.74, 6) is -1.02. The number of fused-ring (bicyclic) bond motifs is 1. The Kier molecular flexibility index (Phi) is 4.15. The predicted molar refractivity (Wildman–Crippen MR) is 103 cm³/mol. The van der Waals surface area contributed by atoms with Crippen LogP contribution in [0.3, 0.4) is 0 Å². The van der Waals surface area contributed by atoms with Crippen LogP contribution in [-0.2, 0) is 14.4 Å². The zero-order valence-corrected chi connectivity index (χ0v) is 15.9. The van der Waals surface area contributed by atoms with Gasteiger partial charge in [-0.3, -0.25) is 19.3 Å². The highest BCUT2D eigenvalue weighted by molar-refractivity contribution is 6.07. The lowest BCUT2D eigenvalue weighted by Crippen LogP contribution is -2.35. The number of anilines is 2. The van der Waals surface area contributed by atoms with E-state index in [1.807, 2.05) is 74.4 Å². The summed E-state index contributed by atoms with van der Waals surface area (Å²) < 4.78 is 0. The highest BCUT2D eigenvalue weighted by Gasteiger charge is 2.59. The molecule has 4 rings (SSSR count). The number of para-hydroxylation sites is 1. The molecule has 0 aliphatic carbocycles. The molecule has 2 aromatic carbocycles. The van der Waals surface area contributed by atoms with Crippen LogP contribution in [0.15, 0.2) is 48.5 Å². The molecule has 2 saturated heterocycles. The summed E-state index contributed by atoms with van der Waals surface area (Å²) in [4.78, 5) is 34.6. The van der Waals surface area contributed by atoms with Gasteiger partial charge < -0.3 is 4.90 Å². The van der Waals surface area contributed by atoms with Crippen molar-refractivity contribution in [2.45, 2.75) is 19.1 Å². The van der Waals surface area contributed by atoms with Crippen LogP contribution in [0.2, 0.25) is 0 Å². The standard InChI is InChI=1S/C21H23N3O3/c1-13-7-5-6-8-16(13)24-18(14-9-11-15(12-10-14)22(2)3)17-19(27-24)21(26)23(4)20(17)25/h5-12,17-19H,1-4H3. The predicted octanol–water partition coefficient (Wildman–Crippen LogP) is 2.54. The highest BCUT2D eigenvalue weighted by atomic mass is 16.7. The molecule has 2 aliphatic rings. The zero-order chi connectivity index (χ0) is 19.3. The van der Waals surface area contributed by atoms with Gasteiger partial charge in [-0.2, -0.15) is 0 Å². The molecular weight excluding hydrogens is 342 g/mol. The normalized spacial score (nSPS) is 24.5. The van der Waals surface area contributed by atoms with Gasteiger partial charge >= 0.3 is 0 Å². The number of likely N-dealkylation sites (tertiary alicyclic amines) is 1. The number of imide groups is 1. The maximum Gasteiger partial charge on any atom is 0.261 e. The first-order valence-corrected chi connectivity index (χ1v) is 9.00. The van der Waals surface area contributed by atoms with Gasteiger partial charge in [0.2, 0.25) is 5.91 Å². The molecule has 27 heavy (non-hydrogen) atoms. The summed E-state index contributed by atoms with van der Waals surface area (Å²) in [5.41, 5.74) is 3.92. The zero-order valence-electron chi connectivity index (χ0n) is 15.9. The first-order chi connectivity index (χ1) is 12.9. The summed E-state index contributed by atoms with van der Waals surface area (Å²) in [5, 5.41) is 1.75. The second-order valence-corrected chi connectivity index (χ2v) is 7.33. The number of nitrogens with zero attached hydrogens (tertiary/aromatic N) is 3. The van der Waals surface area contributed by atoms with Crippen molar-refractivity contribution in [2.75, 3.05) is 31.1 Å². The molecule has 0 saturated carbocycles. The number of likely N-dealkylation sites (N-methyl/N-ethyl adjacent to an activating group) is 1. The lowest BCUT2D eigenvalue weighted by molar-refractivity contribution is -0.141. The van der Waals surface area contributed by atoms with E-state index in [9.17, 15) is 9.59 Å². The summed E-state index contributed by atoms with van der Waals surface area (Å²) in [7, 11) is 5.49. The van der Waals surface area contributed by atoms with Crippen molar-refractivity contribution in [3.8, 4) is 0 Å². The van der Waals surface area contributed by atoms with Crippen LogP contribution >= 0.6 is 0 Å². The van der Waals surface area contributed by atoms with Gasteiger partial charge in [-0.15, -0.1) is 0 Å². The Morgan fingerprint density at radius 2 is 1.63 bits per heavy atom. The molecular formula is C21H23N3O3. The molecule has 2 fully saturated rings. The summed E-state index contributed by atoms with van der Waals surface area (Å²) in [6.07, 6.45) is -0.777. The minimum absolute atomic E-state index is 0.192. The molecule has 0 spiro atoms. The van der Waals surface area contributed by atoms with Gasteiger partial charge in [0, 0.05) is 26.8 Å². The van der Waals surface area contributed by atoms with E-state index in [0.717, 1.165) is 22.5 Å². The molecule has 0 radical (unpaired) electrons. The van der Waals surface area contributed by atoms with Crippen molar-refractivity contribution in [1.82, 2.24) is 4.90 Å². The average molecular weight is 365 g/mol. The van der Waals surface area contributed by atoms with E-state index < -0.39 is 12.0 Å². The molecule has 140 valence electrons. The Morgan fingerprint density at radius 1 is 0.963 bits per heavy atom. The highest BCUT2D eigenvalue weighted by Crippen LogP contribution is 2.47. The molecule has 0 N–H and O–H groups in total. The first kappa shape index (κ1) is 17.5. The largest absolute Gasteiger partial charge is 0.378 e. The molecule has 0 aromatic heterocycles. The topological polar surface area (TPSA) is 53.1 Å². The Labute approximate surface area is 158 Å². The van der Waals surface area contributed by atoms with Crippen LogP contribution < -0.4 is 9.96 Å². The van der Waals surface area contributed by atoms with Gasteiger partial charge in [-0.1, -0.05) is 30.3 Å².